The van der Waals surface area contributed by atoms with Crippen LogP contribution in [0.25, 0.3) is 21.8 Å². The average Bonchev–Trinajstić information content (AvgIpc) is 3.41. The van der Waals surface area contributed by atoms with Gasteiger partial charge in [0.15, 0.2) is 0 Å². The Hall–Kier alpha value is -3.59. The van der Waals surface area contributed by atoms with Crippen molar-refractivity contribution in [1.82, 2.24) is 25.8 Å². The molecule has 4 aromatic rings. The van der Waals surface area contributed by atoms with Gasteiger partial charge in [0, 0.05) is 45.1 Å². The third kappa shape index (κ3) is 7.45. The van der Waals surface area contributed by atoms with Gasteiger partial charge in [-0.1, -0.05) is 31.8 Å². The second-order valence-electron chi connectivity index (χ2n) is 9.33. The van der Waals surface area contributed by atoms with E-state index in [1.54, 1.807) is 6.20 Å². The molecule has 0 saturated heterocycles. The molecule has 0 unspecified atom stereocenters. The minimum Gasteiger partial charge on any atom is -0.444 e. The summed E-state index contributed by atoms with van der Waals surface area (Å²) < 4.78 is 5.26. The van der Waals surface area contributed by atoms with Crippen LogP contribution in [0, 0.1) is 0 Å². The first-order valence-electron chi connectivity index (χ1n) is 11.8. The van der Waals surface area contributed by atoms with Crippen LogP contribution in [0.15, 0.2) is 55.0 Å². The molecule has 1 amide bonds. The fourth-order valence-corrected chi connectivity index (χ4v) is 3.79. The van der Waals surface area contributed by atoms with Crippen LogP contribution in [-0.4, -0.2) is 40.7 Å². The van der Waals surface area contributed by atoms with Gasteiger partial charge in [0.1, 0.15) is 24.5 Å². The van der Waals surface area contributed by atoms with Gasteiger partial charge in [-0.3, -0.25) is 10.4 Å². The number of halogens is 1. The molecule has 0 bridgehead atoms. The zero-order valence-electron chi connectivity index (χ0n) is 21.4. The van der Waals surface area contributed by atoms with Crippen molar-refractivity contribution in [1.29, 1.82) is 0 Å². The van der Waals surface area contributed by atoms with Crippen LogP contribution in [-0.2, 0) is 11.2 Å². The Morgan fingerprint density at radius 1 is 1.17 bits per heavy atom. The monoisotopic (exact) mass is 507 g/mol. The number of rotatable bonds is 7. The molecule has 0 fully saturated rings. The second-order valence-corrected chi connectivity index (χ2v) is 9.76. The van der Waals surface area contributed by atoms with E-state index in [1.807, 2.05) is 66.0 Å². The van der Waals surface area contributed by atoms with E-state index < -0.39 is 11.7 Å². The number of hydrogen-bond acceptors (Lipinski definition) is 5. The third-order valence-electron chi connectivity index (χ3n) is 4.92. The molecule has 1 radical (unpaired) electrons. The molecule has 2 aromatic carbocycles. The number of amides is 1. The zero-order chi connectivity index (χ0) is 26.3. The molecule has 0 atom stereocenters. The summed E-state index contributed by atoms with van der Waals surface area (Å²) in [6, 6.07) is 11.9. The summed E-state index contributed by atoms with van der Waals surface area (Å²) in [5, 5.41) is 18.8. The molecule has 0 aliphatic carbocycles. The fraction of sp³-hybridized carbons (Fsp3) is 0.308. The summed E-state index contributed by atoms with van der Waals surface area (Å²) >= 11 is 6.26. The predicted octanol–water partition coefficient (Wildman–Crippen LogP) is 6.36. The highest BCUT2D eigenvalue weighted by molar-refractivity contribution is 6.32. The van der Waals surface area contributed by atoms with Gasteiger partial charge in [0.2, 0.25) is 0 Å². The standard InChI is InChI=1S/C24H27ClN6O2.C2H6B/c1-14(28-23(32)33-24(2,3)4)26-9-7-15-11-17(29-21-8-10-27-31-21)13-19-18-12-16(25)5-6-20(18)30-22(15)19;1-3-2/h5-6,8,10-13,26,30H,1,7,9H2,2-4H3,(H,28,32)(H2,27,29,31);1-2H3. The Labute approximate surface area is 217 Å². The lowest BCUT2D eigenvalue weighted by molar-refractivity contribution is 0.0542. The number of anilines is 2. The number of carbonyl (C=O) groups excluding carboxylic acids is 1. The molecule has 2 aromatic heterocycles. The molecule has 10 heteroatoms. The number of H-pyrrole nitrogens is 2. The topological polar surface area (TPSA) is 107 Å². The number of nitrogens with zero attached hydrogens (tertiary/aromatic N) is 1. The number of ether oxygens (including phenoxy) is 1. The van der Waals surface area contributed by atoms with Crippen molar-refractivity contribution >= 4 is 58.3 Å². The van der Waals surface area contributed by atoms with Crippen molar-refractivity contribution in [3.05, 3.63) is 65.6 Å². The lowest BCUT2D eigenvalue weighted by Gasteiger charge is -2.20. The summed E-state index contributed by atoms with van der Waals surface area (Å²) in [5.74, 6) is 1.18. The number of benzene rings is 2. The zero-order valence-corrected chi connectivity index (χ0v) is 22.1. The van der Waals surface area contributed by atoms with Gasteiger partial charge in [0.05, 0.1) is 6.20 Å². The number of fused-ring (bicyclic) bond motifs is 3. The smallest absolute Gasteiger partial charge is 0.413 e. The predicted molar refractivity (Wildman–Crippen MR) is 150 cm³/mol. The number of nitrogens with one attached hydrogen (secondary N) is 5. The van der Waals surface area contributed by atoms with Gasteiger partial charge >= 0.3 is 6.09 Å². The first-order valence-corrected chi connectivity index (χ1v) is 12.1. The van der Waals surface area contributed by atoms with Gasteiger partial charge in [0.25, 0.3) is 0 Å². The van der Waals surface area contributed by atoms with Crippen LogP contribution in [0.2, 0.25) is 18.7 Å². The van der Waals surface area contributed by atoms with Crippen LogP contribution >= 0.6 is 11.6 Å². The quantitative estimate of drug-likeness (QED) is 0.187. The van der Waals surface area contributed by atoms with Crippen molar-refractivity contribution in [3.63, 3.8) is 0 Å². The van der Waals surface area contributed by atoms with Gasteiger partial charge in [-0.25, -0.2) is 4.79 Å². The SMILES string of the molecule is C=C(NCCc1cc(Nc2ccn[nH]2)cc2c1[nH]c1ccc(Cl)cc12)NC(=O)OC(C)(C)C.C[B]C. The van der Waals surface area contributed by atoms with E-state index >= 15 is 0 Å². The first-order chi connectivity index (χ1) is 17.1. The van der Waals surface area contributed by atoms with Crippen LogP contribution in [0.5, 0.6) is 0 Å². The Kier molecular flexibility index (Phi) is 8.93. The van der Waals surface area contributed by atoms with E-state index in [9.17, 15) is 4.79 Å². The average molecular weight is 508 g/mol. The fourth-order valence-electron chi connectivity index (χ4n) is 3.61. The van der Waals surface area contributed by atoms with Crippen LogP contribution in [0.3, 0.4) is 0 Å². The lowest BCUT2D eigenvalue weighted by atomic mass is 9.88. The van der Waals surface area contributed by atoms with Gasteiger partial charge in [-0.2, -0.15) is 5.10 Å². The highest BCUT2D eigenvalue weighted by atomic mass is 35.5. The number of aromatic nitrogens is 3. The van der Waals surface area contributed by atoms with Crippen molar-refractivity contribution in [2.45, 2.75) is 46.4 Å². The summed E-state index contributed by atoms with van der Waals surface area (Å²) in [6.07, 6.45) is 1.84. The maximum atomic E-state index is 11.9. The molecule has 0 saturated carbocycles. The summed E-state index contributed by atoms with van der Waals surface area (Å²) in [6.45, 7) is 13.9. The maximum absolute atomic E-state index is 11.9. The molecular formula is C26H33BClN6O2. The van der Waals surface area contributed by atoms with Crippen LogP contribution < -0.4 is 16.0 Å². The maximum Gasteiger partial charge on any atom is 0.413 e. The Bertz CT molecular complexity index is 1330. The Balaban J connectivity index is 0.00000115. The second kappa shape index (κ2) is 11.9. The minimum atomic E-state index is -0.573. The van der Waals surface area contributed by atoms with Gasteiger partial charge < -0.3 is 20.4 Å². The van der Waals surface area contributed by atoms with Crippen molar-refractivity contribution in [2.75, 3.05) is 11.9 Å². The summed E-state index contributed by atoms with van der Waals surface area (Å²) in [4.78, 5) is 15.4. The van der Waals surface area contributed by atoms with Crippen molar-refractivity contribution < 1.29 is 9.53 Å². The van der Waals surface area contributed by atoms with Gasteiger partial charge in [-0.15, -0.1) is 0 Å². The minimum absolute atomic E-state index is 0.385. The van der Waals surface area contributed by atoms with E-state index in [0.29, 0.717) is 23.8 Å². The molecule has 36 heavy (non-hydrogen) atoms. The third-order valence-corrected chi connectivity index (χ3v) is 5.15. The van der Waals surface area contributed by atoms with Gasteiger partial charge in [-0.05, 0) is 63.1 Å². The Morgan fingerprint density at radius 2 is 1.92 bits per heavy atom. The molecule has 0 spiro atoms. The van der Waals surface area contributed by atoms with Crippen LogP contribution in [0.1, 0.15) is 26.3 Å². The molecule has 189 valence electrons. The molecule has 0 aliphatic heterocycles. The van der Waals surface area contributed by atoms with Crippen LogP contribution in [0.4, 0.5) is 16.3 Å². The lowest BCUT2D eigenvalue weighted by Crippen LogP contribution is -2.36. The number of carbonyl (C=O) groups is 1. The highest BCUT2D eigenvalue weighted by Crippen LogP contribution is 2.33. The van der Waals surface area contributed by atoms with E-state index in [0.717, 1.165) is 38.9 Å². The molecule has 0 aliphatic rings. The highest BCUT2D eigenvalue weighted by Gasteiger charge is 2.16. The molecule has 8 nitrogen and oxygen atoms in total. The van der Waals surface area contributed by atoms with E-state index in [4.69, 9.17) is 16.3 Å². The molecule has 2 heterocycles. The number of alkyl carbamates (subject to hydrolysis) is 1. The first kappa shape index (κ1) is 27.0. The molecular weight excluding hydrogens is 475 g/mol. The normalized spacial score (nSPS) is 10.9. The Morgan fingerprint density at radius 3 is 2.58 bits per heavy atom. The van der Waals surface area contributed by atoms with E-state index in [2.05, 4.69) is 49.8 Å². The largest absolute Gasteiger partial charge is 0.444 e. The summed E-state index contributed by atoms with van der Waals surface area (Å²) in [5.41, 5.74) is 3.50. The van der Waals surface area contributed by atoms with Crippen molar-refractivity contribution in [2.24, 2.45) is 0 Å². The van der Waals surface area contributed by atoms with E-state index in [-0.39, 0.29) is 0 Å². The van der Waals surface area contributed by atoms with Crippen molar-refractivity contribution in [3.8, 4) is 0 Å². The summed E-state index contributed by atoms with van der Waals surface area (Å²) in [7, 11) is 2.00. The van der Waals surface area contributed by atoms with E-state index in [1.165, 1.54) is 0 Å². The molecule has 4 rings (SSSR count). The number of aromatic amines is 2. The number of hydrogen-bond donors (Lipinski definition) is 5. The molecule has 5 N–H and O–H groups in total.